The van der Waals surface area contributed by atoms with Gasteiger partial charge in [0.2, 0.25) is 0 Å². The number of nitrogens with zero attached hydrogens (tertiary/aromatic N) is 2. The fourth-order valence-electron chi connectivity index (χ4n) is 3.39. The highest BCUT2D eigenvalue weighted by molar-refractivity contribution is 5.97. The molecule has 1 saturated heterocycles. The topological polar surface area (TPSA) is 70.2 Å². The lowest BCUT2D eigenvalue weighted by Gasteiger charge is -2.33. The van der Waals surface area contributed by atoms with Crippen LogP contribution in [0.5, 0.6) is 0 Å². The number of fused-ring (bicyclic) bond motifs is 1. The van der Waals surface area contributed by atoms with Gasteiger partial charge in [0.1, 0.15) is 0 Å². The summed E-state index contributed by atoms with van der Waals surface area (Å²) in [5.74, 6) is 0.110. The Labute approximate surface area is 133 Å². The molecule has 1 fully saturated rings. The van der Waals surface area contributed by atoms with E-state index in [4.69, 9.17) is 4.74 Å². The van der Waals surface area contributed by atoms with Gasteiger partial charge in [-0.05, 0) is 18.2 Å². The molecule has 1 aliphatic heterocycles. The van der Waals surface area contributed by atoms with Crippen molar-refractivity contribution in [1.29, 1.82) is 0 Å². The maximum atomic E-state index is 12.4. The van der Waals surface area contributed by atoms with Crippen molar-refractivity contribution in [2.75, 3.05) is 18.6 Å². The highest BCUT2D eigenvalue weighted by Gasteiger charge is 2.39. The Morgan fingerprint density at radius 1 is 1.30 bits per heavy atom. The van der Waals surface area contributed by atoms with Gasteiger partial charge < -0.3 is 15.0 Å². The number of methoxy groups -OCH3 is 1. The highest BCUT2D eigenvalue weighted by atomic mass is 16.5. The van der Waals surface area contributed by atoms with Crippen LogP contribution in [0.3, 0.4) is 0 Å². The van der Waals surface area contributed by atoms with Crippen LogP contribution in [0.4, 0.5) is 10.5 Å². The summed E-state index contributed by atoms with van der Waals surface area (Å²) >= 11 is 0. The molecule has 1 aliphatic carbocycles. The van der Waals surface area contributed by atoms with Crippen molar-refractivity contribution in [3.63, 3.8) is 0 Å². The van der Waals surface area contributed by atoms with E-state index >= 15 is 0 Å². The predicted octanol–water partition coefficient (Wildman–Crippen LogP) is 2.22. The zero-order valence-corrected chi connectivity index (χ0v) is 12.8. The van der Waals surface area contributed by atoms with Gasteiger partial charge in [0.05, 0.1) is 29.5 Å². The van der Waals surface area contributed by atoms with Gasteiger partial charge >= 0.3 is 6.03 Å². The second-order valence-electron chi connectivity index (χ2n) is 5.77. The summed E-state index contributed by atoms with van der Waals surface area (Å²) in [4.78, 5) is 21.6. The minimum absolute atomic E-state index is 0.00467. The van der Waals surface area contributed by atoms with Crippen molar-refractivity contribution >= 4 is 22.8 Å². The Balaban J connectivity index is 1.71. The number of carbonyl (C=O) groups excluding carboxylic acids is 1. The van der Waals surface area contributed by atoms with Crippen molar-refractivity contribution in [3.8, 4) is 0 Å². The zero-order chi connectivity index (χ0) is 15.8. The number of aromatic nitrogens is 2. The standard InChI is InChI=1S/C17H18N4O2/c1-23-16-5-3-2-4-12(16)15-9-18-17(22)21(15)11-6-7-13-14(8-11)20-10-19-13/h2-8,10,12,15-16H,9H2,1H3,(H,18,22)(H,19,20). The van der Waals surface area contributed by atoms with Gasteiger partial charge in [-0.25, -0.2) is 9.78 Å². The fourth-order valence-corrected chi connectivity index (χ4v) is 3.39. The van der Waals surface area contributed by atoms with E-state index in [0.29, 0.717) is 6.54 Å². The normalized spacial score (nSPS) is 26.9. The molecule has 4 rings (SSSR count). The van der Waals surface area contributed by atoms with E-state index in [1.807, 2.05) is 41.3 Å². The largest absolute Gasteiger partial charge is 0.377 e. The Morgan fingerprint density at radius 3 is 3.04 bits per heavy atom. The molecule has 2 amide bonds. The molecule has 118 valence electrons. The monoisotopic (exact) mass is 310 g/mol. The summed E-state index contributed by atoms with van der Waals surface area (Å²) in [6.07, 6.45) is 9.76. The molecule has 2 N–H and O–H groups in total. The van der Waals surface area contributed by atoms with E-state index in [9.17, 15) is 4.79 Å². The number of anilines is 1. The third-order valence-corrected chi connectivity index (χ3v) is 4.54. The molecule has 1 aromatic carbocycles. The van der Waals surface area contributed by atoms with Crippen LogP contribution in [-0.2, 0) is 4.74 Å². The predicted molar refractivity (Wildman–Crippen MR) is 88.3 cm³/mol. The second kappa shape index (κ2) is 5.55. The summed E-state index contributed by atoms with van der Waals surface area (Å²) in [7, 11) is 1.70. The number of H-pyrrole nitrogens is 1. The molecule has 6 heteroatoms. The molecular weight excluding hydrogens is 292 g/mol. The number of rotatable bonds is 3. The first kappa shape index (κ1) is 14.0. The van der Waals surface area contributed by atoms with Gasteiger partial charge in [-0.2, -0.15) is 0 Å². The number of benzene rings is 1. The molecule has 6 nitrogen and oxygen atoms in total. The van der Waals surface area contributed by atoms with Crippen LogP contribution >= 0.6 is 0 Å². The molecule has 0 saturated carbocycles. The fraction of sp³-hybridized carbons (Fsp3) is 0.294. The van der Waals surface area contributed by atoms with E-state index in [2.05, 4.69) is 21.4 Å². The average molecular weight is 310 g/mol. The molecule has 2 heterocycles. The first-order valence-electron chi connectivity index (χ1n) is 7.66. The minimum Gasteiger partial charge on any atom is -0.377 e. The quantitative estimate of drug-likeness (QED) is 0.913. The third kappa shape index (κ3) is 2.31. The summed E-state index contributed by atoms with van der Waals surface area (Å²) in [6, 6.07) is 5.76. The number of urea groups is 1. The van der Waals surface area contributed by atoms with Crippen LogP contribution < -0.4 is 10.2 Å². The van der Waals surface area contributed by atoms with Crippen molar-refractivity contribution in [3.05, 3.63) is 48.8 Å². The third-order valence-electron chi connectivity index (χ3n) is 4.54. The molecular formula is C17H18N4O2. The number of imidazole rings is 1. The van der Waals surface area contributed by atoms with Crippen LogP contribution in [0.15, 0.2) is 48.8 Å². The van der Waals surface area contributed by atoms with Crippen molar-refractivity contribution < 1.29 is 9.53 Å². The molecule has 1 aromatic heterocycles. The van der Waals surface area contributed by atoms with Crippen molar-refractivity contribution in [2.45, 2.75) is 12.1 Å². The van der Waals surface area contributed by atoms with Gasteiger partial charge in [-0.1, -0.05) is 24.3 Å². The van der Waals surface area contributed by atoms with Crippen LogP contribution in [0, 0.1) is 5.92 Å². The number of allylic oxidation sites excluding steroid dienone is 2. The maximum absolute atomic E-state index is 12.4. The number of nitrogens with one attached hydrogen (secondary N) is 2. The zero-order valence-electron chi connectivity index (χ0n) is 12.8. The molecule has 2 aromatic rings. The number of aromatic amines is 1. The SMILES string of the molecule is COC1C=CC=CC1C1CNC(=O)N1c1ccc2[nH]cnc2c1. The highest BCUT2D eigenvalue weighted by Crippen LogP contribution is 2.31. The van der Waals surface area contributed by atoms with Gasteiger partial charge in [0, 0.05) is 25.3 Å². The summed E-state index contributed by atoms with van der Waals surface area (Å²) < 4.78 is 5.57. The van der Waals surface area contributed by atoms with Gasteiger partial charge in [0.15, 0.2) is 0 Å². The number of hydrogen-bond acceptors (Lipinski definition) is 3. The number of ether oxygens (including phenoxy) is 1. The van der Waals surface area contributed by atoms with Crippen LogP contribution in [-0.4, -0.2) is 41.8 Å². The summed E-state index contributed by atoms with van der Waals surface area (Å²) in [5.41, 5.74) is 2.66. The van der Waals surface area contributed by atoms with E-state index in [0.717, 1.165) is 16.7 Å². The maximum Gasteiger partial charge on any atom is 0.322 e. The molecule has 2 aliphatic rings. The Hall–Kier alpha value is -2.60. The van der Waals surface area contributed by atoms with Crippen molar-refractivity contribution in [1.82, 2.24) is 15.3 Å². The van der Waals surface area contributed by atoms with Gasteiger partial charge in [-0.15, -0.1) is 0 Å². The molecule has 0 radical (unpaired) electrons. The lowest BCUT2D eigenvalue weighted by Crippen LogP contribution is -2.43. The van der Waals surface area contributed by atoms with E-state index in [-0.39, 0.29) is 24.1 Å². The molecule has 23 heavy (non-hydrogen) atoms. The smallest absolute Gasteiger partial charge is 0.322 e. The number of hydrogen-bond donors (Lipinski definition) is 2. The molecule has 3 unspecified atom stereocenters. The lowest BCUT2D eigenvalue weighted by atomic mass is 9.89. The average Bonchev–Trinajstić information content (AvgIpc) is 3.20. The van der Waals surface area contributed by atoms with Crippen molar-refractivity contribution in [2.24, 2.45) is 5.92 Å². The summed E-state index contributed by atoms with van der Waals surface area (Å²) in [5, 5.41) is 2.95. The van der Waals surface area contributed by atoms with Crippen LogP contribution in [0.2, 0.25) is 0 Å². The lowest BCUT2D eigenvalue weighted by molar-refractivity contribution is 0.0976. The molecule has 3 atom stereocenters. The summed E-state index contributed by atoms with van der Waals surface area (Å²) in [6.45, 7) is 0.597. The number of amides is 2. The second-order valence-corrected chi connectivity index (χ2v) is 5.77. The van der Waals surface area contributed by atoms with E-state index in [1.165, 1.54) is 0 Å². The first-order chi connectivity index (χ1) is 11.3. The molecule has 0 spiro atoms. The van der Waals surface area contributed by atoms with E-state index < -0.39 is 0 Å². The van der Waals surface area contributed by atoms with Crippen LogP contribution in [0.1, 0.15) is 0 Å². The Kier molecular flexibility index (Phi) is 3.38. The Morgan fingerprint density at radius 2 is 2.17 bits per heavy atom. The number of carbonyl (C=O) groups is 1. The minimum atomic E-state index is -0.0808. The van der Waals surface area contributed by atoms with E-state index in [1.54, 1.807) is 13.4 Å². The van der Waals surface area contributed by atoms with Crippen LogP contribution in [0.25, 0.3) is 11.0 Å². The Bertz CT molecular complexity index is 795. The van der Waals surface area contributed by atoms with Gasteiger partial charge in [0.25, 0.3) is 0 Å². The van der Waals surface area contributed by atoms with Gasteiger partial charge in [-0.3, -0.25) is 4.90 Å². The molecule has 0 bridgehead atoms. The first-order valence-corrected chi connectivity index (χ1v) is 7.66.